The molecule has 0 radical (unpaired) electrons. The molecular weight excluding hydrogens is 456 g/mol. The second-order valence-corrected chi connectivity index (χ2v) is 15.9. The van der Waals surface area contributed by atoms with Crippen LogP contribution in [-0.4, -0.2) is 8.07 Å². The normalized spacial score (nSPS) is 12.7. The Morgan fingerprint density at radius 1 is 0.944 bits per heavy atom. The van der Waals surface area contributed by atoms with Crippen molar-refractivity contribution in [3.8, 4) is 22.4 Å². The third kappa shape index (κ3) is 3.85. The smallest absolute Gasteiger partial charge is 0.216 e. The highest BCUT2D eigenvalue weighted by Gasteiger charge is 2.29. The first kappa shape index (κ1) is 22.8. The maximum Gasteiger partial charge on any atom is 0.216 e. The molecule has 3 nitrogen and oxygen atoms in total. The van der Waals surface area contributed by atoms with Crippen LogP contribution >= 0.6 is 0 Å². The number of fused-ring (bicyclic) bond motifs is 3. The van der Waals surface area contributed by atoms with Crippen molar-refractivity contribution in [2.75, 3.05) is 0 Å². The van der Waals surface area contributed by atoms with Crippen LogP contribution in [0.25, 0.3) is 49.2 Å². The van der Waals surface area contributed by atoms with Gasteiger partial charge in [0.25, 0.3) is 0 Å². The number of furan rings is 1. The van der Waals surface area contributed by atoms with Crippen molar-refractivity contribution in [2.45, 2.75) is 46.3 Å². The summed E-state index contributed by atoms with van der Waals surface area (Å²) in [7, 11) is 0.406. The predicted octanol–water partition coefficient (Wildman–Crippen LogP) is 8.27. The van der Waals surface area contributed by atoms with E-state index in [1.807, 2.05) is 56.3 Å². The molecule has 5 aromatic rings. The lowest BCUT2D eigenvalue weighted by Crippen LogP contribution is -2.47. The zero-order valence-electron chi connectivity index (χ0n) is 23.2. The Hall–Kier alpha value is -3.68. The van der Waals surface area contributed by atoms with Crippen LogP contribution in [0.1, 0.15) is 32.2 Å². The van der Waals surface area contributed by atoms with E-state index in [9.17, 15) is 0 Å². The summed E-state index contributed by atoms with van der Waals surface area (Å²) in [5, 5.41) is 3.34. The molecule has 180 valence electrons. The van der Waals surface area contributed by atoms with Crippen LogP contribution in [0.2, 0.25) is 19.6 Å². The van der Waals surface area contributed by atoms with Gasteiger partial charge in [-0.3, -0.25) is 0 Å². The molecule has 3 aromatic carbocycles. The minimum Gasteiger partial charge on any atom is -0.456 e. The number of benzene rings is 3. The minimum atomic E-state index is -1.68. The van der Waals surface area contributed by atoms with E-state index in [4.69, 9.17) is 12.4 Å². The maximum atomic E-state index is 8.96. The SMILES string of the molecule is [2H]C(C)(C)c1cc(-c2c(C)ccc3c2oc2c(-c4ccccc4)c([N+]#[C-])ccc23)[n+](C)cc1[Si](C)(C)C. The number of aromatic nitrogens is 1. The highest BCUT2D eigenvalue weighted by atomic mass is 28.3. The molecule has 36 heavy (non-hydrogen) atoms. The van der Waals surface area contributed by atoms with E-state index in [0.29, 0.717) is 5.69 Å². The first-order chi connectivity index (χ1) is 17.4. The van der Waals surface area contributed by atoms with Crippen molar-refractivity contribution in [1.29, 1.82) is 0 Å². The summed E-state index contributed by atoms with van der Waals surface area (Å²) in [6, 6.07) is 20.4. The molecule has 5 rings (SSSR count). The molecule has 0 aliphatic heterocycles. The van der Waals surface area contributed by atoms with Crippen LogP contribution < -0.4 is 9.75 Å². The fourth-order valence-corrected chi connectivity index (χ4v) is 6.91. The van der Waals surface area contributed by atoms with Gasteiger partial charge in [-0.15, -0.1) is 0 Å². The van der Waals surface area contributed by atoms with Crippen molar-refractivity contribution < 1.29 is 10.4 Å². The minimum absolute atomic E-state index is 0.583. The third-order valence-electron chi connectivity index (χ3n) is 7.06. The highest BCUT2D eigenvalue weighted by molar-refractivity contribution is 6.89. The summed E-state index contributed by atoms with van der Waals surface area (Å²) in [5.41, 5.74) is 8.20. The van der Waals surface area contributed by atoms with Crippen LogP contribution in [0, 0.1) is 13.5 Å². The Labute approximate surface area is 216 Å². The van der Waals surface area contributed by atoms with Gasteiger partial charge in [0.2, 0.25) is 5.69 Å². The number of nitrogens with zero attached hydrogens (tertiary/aromatic N) is 2. The number of pyridine rings is 1. The molecule has 0 aliphatic rings. The molecule has 4 heteroatoms. The first-order valence-electron chi connectivity index (χ1n) is 12.9. The van der Waals surface area contributed by atoms with Crippen LogP contribution in [0.4, 0.5) is 5.69 Å². The Morgan fingerprint density at radius 3 is 2.19 bits per heavy atom. The second kappa shape index (κ2) is 8.76. The molecule has 0 atom stereocenters. The quantitative estimate of drug-likeness (QED) is 0.141. The van der Waals surface area contributed by atoms with E-state index in [2.05, 4.69) is 67.4 Å². The Bertz CT molecular complexity index is 1710. The van der Waals surface area contributed by atoms with Crippen LogP contribution in [0.15, 0.2) is 71.3 Å². The summed E-state index contributed by atoms with van der Waals surface area (Å²) in [5.74, 6) is -0.723. The topological polar surface area (TPSA) is 21.4 Å². The summed E-state index contributed by atoms with van der Waals surface area (Å²) in [4.78, 5) is 3.82. The summed E-state index contributed by atoms with van der Waals surface area (Å²) >= 11 is 0. The molecule has 0 N–H and O–H groups in total. The summed E-state index contributed by atoms with van der Waals surface area (Å²) in [6.45, 7) is 20.9. The number of aryl methyl sites for hydroxylation is 2. The van der Waals surface area contributed by atoms with E-state index in [-0.39, 0.29) is 0 Å². The standard InChI is InChI=1S/C32H33N2OSi/c1-20(2)25-18-27(34(5)19-28(25)36(6,7)8)29-21(3)14-15-23-24-16-17-26(33-4)30(32(24)35-31(23)29)22-12-10-9-11-13-22/h9-20H,1-3,5-8H3/q+1/i20D. The van der Waals surface area contributed by atoms with Gasteiger partial charge in [-0.25, -0.2) is 9.41 Å². The molecule has 0 saturated carbocycles. The zero-order chi connectivity index (χ0) is 26.7. The zero-order valence-corrected chi connectivity index (χ0v) is 23.2. The average Bonchev–Trinajstić information content (AvgIpc) is 3.21. The largest absolute Gasteiger partial charge is 0.456 e. The Balaban J connectivity index is 1.89. The van der Waals surface area contributed by atoms with Gasteiger partial charge in [0.1, 0.15) is 18.2 Å². The van der Waals surface area contributed by atoms with Crippen molar-refractivity contribution in [3.63, 3.8) is 0 Å². The van der Waals surface area contributed by atoms with Gasteiger partial charge in [0.15, 0.2) is 11.9 Å². The van der Waals surface area contributed by atoms with Crippen molar-refractivity contribution in [3.05, 3.63) is 89.4 Å². The molecule has 0 spiro atoms. The number of rotatable bonds is 4. The van der Waals surface area contributed by atoms with Crippen molar-refractivity contribution in [2.24, 2.45) is 7.05 Å². The predicted molar refractivity (Wildman–Crippen MR) is 154 cm³/mol. The van der Waals surface area contributed by atoms with Gasteiger partial charge in [-0.1, -0.05) is 88.1 Å². The lowest BCUT2D eigenvalue weighted by Gasteiger charge is -2.22. The molecule has 0 bridgehead atoms. The maximum absolute atomic E-state index is 8.96. The monoisotopic (exact) mass is 490 g/mol. The summed E-state index contributed by atoms with van der Waals surface area (Å²) < 4.78 is 17.9. The number of hydrogen-bond acceptors (Lipinski definition) is 1. The van der Waals surface area contributed by atoms with Gasteiger partial charge in [0, 0.05) is 29.0 Å². The van der Waals surface area contributed by atoms with E-state index >= 15 is 0 Å². The third-order valence-corrected chi connectivity index (χ3v) is 9.07. The van der Waals surface area contributed by atoms with Gasteiger partial charge >= 0.3 is 0 Å². The van der Waals surface area contributed by atoms with E-state index in [0.717, 1.165) is 55.4 Å². The lowest BCUT2D eigenvalue weighted by atomic mass is 9.96. The second-order valence-electron chi connectivity index (χ2n) is 10.9. The average molecular weight is 491 g/mol. The van der Waals surface area contributed by atoms with Crippen molar-refractivity contribution in [1.82, 2.24) is 0 Å². The molecule has 0 amide bonds. The highest BCUT2D eigenvalue weighted by Crippen LogP contribution is 2.44. The molecule has 0 fully saturated rings. The molecule has 2 heterocycles. The van der Waals surface area contributed by atoms with Gasteiger partial charge in [-0.2, -0.15) is 0 Å². The van der Waals surface area contributed by atoms with Crippen LogP contribution in [-0.2, 0) is 7.05 Å². The Kier molecular flexibility index (Phi) is 5.54. The molecule has 2 aromatic heterocycles. The fraction of sp³-hybridized carbons (Fsp3) is 0.250. The van der Waals surface area contributed by atoms with Crippen molar-refractivity contribution >= 4 is 40.9 Å². The van der Waals surface area contributed by atoms with Gasteiger partial charge in [-0.05, 0) is 29.5 Å². The number of hydrogen-bond donors (Lipinski definition) is 0. The molecule has 0 aliphatic carbocycles. The van der Waals surface area contributed by atoms with Crippen LogP contribution in [0.5, 0.6) is 0 Å². The molecular formula is C32H33N2OSi+. The first-order valence-corrected chi connectivity index (χ1v) is 15.9. The van der Waals surface area contributed by atoms with E-state index in [1.165, 1.54) is 5.19 Å². The lowest BCUT2D eigenvalue weighted by molar-refractivity contribution is -0.659. The molecule has 0 unspecified atom stereocenters. The van der Waals surface area contributed by atoms with E-state index < -0.39 is 14.0 Å². The van der Waals surface area contributed by atoms with Crippen LogP contribution in [0.3, 0.4) is 0 Å². The van der Waals surface area contributed by atoms with Gasteiger partial charge < -0.3 is 4.42 Å². The Morgan fingerprint density at radius 2 is 1.58 bits per heavy atom. The van der Waals surface area contributed by atoms with E-state index in [1.54, 1.807) is 0 Å². The van der Waals surface area contributed by atoms with Gasteiger partial charge in [0.05, 0.1) is 20.2 Å². The summed E-state index contributed by atoms with van der Waals surface area (Å²) in [6.07, 6.45) is 2.24. The fourth-order valence-electron chi connectivity index (χ4n) is 5.20. The molecule has 0 saturated heterocycles.